The Morgan fingerprint density at radius 3 is 2.16 bits per heavy atom. The lowest BCUT2D eigenvalue weighted by atomic mass is 10.0. The Kier molecular flexibility index (Phi) is 5.88. The first-order valence-electron chi connectivity index (χ1n) is 8.27. The van der Waals surface area contributed by atoms with Gasteiger partial charge in [-0.2, -0.15) is 8.42 Å². The largest absolute Gasteiger partial charge is 0.755 e. The molecule has 0 amide bonds. The van der Waals surface area contributed by atoms with Crippen LogP contribution in [-0.4, -0.2) is 27.0 Å². The van der Waals surface area contributed by atoms with Crippen molar-refractivity contribution in [3.8, 4) is 5.75 Å². The quantitative estimate of drug-likeness (QED) is 0.237. The molecule has 0 spiro atoms. The molecule has 31 heavy (non-hydrogen) atoms. The van der Waals surface area contributed by atoms with E-state index in [2.05, 4.69) is 0 Å². The summed E-state index contributed by atoms with van der Waals surface area (Å²) in [6.07, 6.45) is 0. The van der Waals surface area contributed by atoms with E-state index in [1.54, 1.807) is 6.92 Å². The van der Waals surface area contributed by atoms with E-state index >= 15 is 0 Å². The fraction of sp³-hybridized carbons (Fsp3) is 0.0588. The Morgan fingerprint density at radius 1 is 1.00 bits per heavy atom. The molecule has 0 aliphatic carbocycles. The second kappa shape index (κ2) is 8.25. The molecule has 0 aliphatic rings. The van der Waals surface area contributed by atoms with Gasteiger partial charge >= 0.3 is 15.8 Å². The van der Waals surface area contributed by atoms with Gasteiger partial charge in [0, 0.05) is 16.7 Å². The number of nitrogens with one attached hydrogen (secondary N) is 1. The number of hydrogen-bond donors (Lipinski definition) is 1. The van der Waals surface area contributed by atoms with Crippen LogP contribution in [0.2, 0.25) is 0 Å². The van der Waals surface area contributed by atoms with Gasteiger partial charge < -0.3 is 13.5 Å². The average Bonchev–Trinajstić information content (AvgIpc) is 2.67. The number of hydrogen-bond acceptors (Lipinski definition) is 9. The highest BCUT2D eigenvalue weighted by molar-refractivity contribution is 7.87. The molecule has 0 aromatic heterocycles. The minimum absolute atomic E-state index is 0.287. The van der Waals surface area contributed by atoms with E-state index in [-0.39, 0.29) is 21.4 Å². The third-order valence-corrected chi connectivity index (χ3v) is 5.78. The lowest BCUT2D eigenvalue weighted by molar-refractivity contribution is -0.393. The number of rotatable bonds is 7. The average molecular weight is 466 g/mol. The number of nitro benzene ring substituents is 2. The zero-order valence-electron chi connectivity index (χ0n) is 15.5. The van der Waals surface area contributed by atoms with Crippen molar-refractivity contribution >= 4 is 49.2 Å². The van der Waals surface area contributed by atoms with E-state index < -0.39 is 48.4 Å². The van der Waals surface area contributed by atoms with Gasteiger partial charge in [-0.25, -0.2) is 0 Å². The molecular weight excluding hydrogens is 454 g/mol. The highest BCUT2D eigenvalue weighted by Gasteiger charge is 2.32. The molecular formula is C17H12N3O9S2-. The van der Waals surface area contributed by atoms with Gasteiger partial charge in [-0.1, -0.05) is 23.8 Å². The fourth-order valence-electron chi connectivity index (χ4n) is 2.83. The van der Waals surface area contributed by atoms with Crippen molar-refractivity contribution in [2.75, 3.05) is 4.72 Å². The minimum atomic E-state index is -4.56. The first-order valence-corrected chi connectivity index (χ1v) is 10.7. The van der Waals surface area contributed by atoms with Gasteiger partial charge in [0.2, 0.25) is 5.75 Å². The molecule has 3 rings (SSSR count). The number of anilines is 1. The lowest BCUT2D eigenvalue weighted by Gasteiger charge is -2.14. The second-order valence-corrected chi connectivity index (χ2v) is 8.39. The van der Waals surface area contributed by atoms with Crippen molar-refractivity contribution in [2.45, 2.75) is 11.8 Å². The summed E-state index contributed by atoms with van der Waals surface area (Å²) in [7, 11) is -4.56. The number of nitrogens with zero attached hydrogens (tertiary/aromatic N) is 2. The van der Waals surface area contributed by atoms with Crippen LogP contribution in [0.1, 0.15) is 5.56 Å². The Hall–Kier alpha value is -3.62. The topological polar surface area (TPSA) is 182 Å². The van der Waals surface area contributed by atoms with Gasteiger partial charge in [0.05, 0.1) is 27.0 Å². The molecule has 0 aliphatic heterocycles. The Labute approximate surface area is 177 Å². The number of non-ortho nitro benzene ring substituents is 1. The Morgan fingerprint density at radius 2 is 1.61 bits per heavy atom. The molecule has 1 N–H and O–H groups in total. The molecule has 0 saturated carbocycles. The van der Waals surface area contributed by atoms with Gasteiger partial charge in [-0.3, -0.25) is 24.4 Å². The van der Waals surface area contributed by atoms with E-state index in [0.717, 1.165) is 11.6 Å². The third-order valence-electron chi connectivity index (χ3n) is 4.16. The minimum Gasteiger partial charge on any atom is -0.755 e. The van der Waals surface area contributed by atoms with Crippen LogP contribution in [0.4, 0.5) is 17.1 Å². The van der Waals surface area contributed by atoms with Crippen LogP contribution in [-0.2, 0) is 21.4 Å². The van der Waals surface area contributed by atoms with Crippen LogP contribution < -0.4 is 8.91 Å². The summed E-state index contributed by atoms with van der Waals surface area (Å²) in [6.45, 7) is 1.72. The molecule has 0 fully saturated rings. The Bertz CT molecular complexity index is 1340. The molecule has 0 saturated heterocycles. The molecule has 3 aromatic carbocycles. The van der Waals surface area contributed by atoms with E-state index in [9.17, 15) is 37.4 Å². The summed E-state index contributed by atoms with van der Waals surface area (Å²) in [4.78, 5) is 20.8. The predicted octanol–water partition coefficient (Wildman–Crippen LogP) is 2.94. The first kappa shape index (κ1) is 22.1. The summed E-state index contributed by atoms with van der Waals surface area (Å²) < 4.78 is 54.6. The van der Waals surface area contributed by atoms with E-state index in [1.807, 2.05) is 4.72 Å². The molecule has 0 heterocycles. The van der Waals surface area contributed by atoms with Crippen molar-refractivity contribution in [2.24, 2.45) is 0 Å². The monoisotopic (exact) mass is 466 g/mol. The lowest BCUT2D eigenvalue weighted by Crippen LogP contribution is -2.12. The summed E-state index contributed by atoms with van der Waals surface area (Å²) in [5.41, 5.74) is -1.32. The van der Waals surface area contributed by atoms with Gasteiger partial charge in [0.15, 0.2) is 0 Å². The molecule has 1 atom stereocenters. The van der Waals surface area contributed by atoms with Crippen LogP contribution in [0.15, 0.2) is 53.4 Å². The fourth-order valence-corrected chi connectivity index (χ4v) is 4.14. The van der Waals surface area contributed by atoms with Gasteiger partial charge in [-0.15, -0.1) is 0 Å². The summed E-state index contributed by atoms with van der Waals surface area (Å²) in [5.74, 6) is -0.786. The second-order valence-electron chi connectivity index (χ2n) is 6.17. The van der Waals surface area contributed by atoms with Crippen molar-refractivity contribution in [3.63, 3.8) is 0 Å². The van der Waals surface area contributed by atoms with Gasteiger partial charge in [-0.05, 0) is 31.2 Å². The molecule has 12 nitrogen and oxygen atoms in total. The maximum atomic E-state index is 12.7. The van der Waals surface area contributed by atoms with Gasteiger partial charge in [0.1, 0.15) is 4.90 Å². The first-order chi connectivity index (χ1) is 14.5. The SMILES string of the molecule is Cc1ccc(S(=O)(=O)Oc2c([N+](=O)[O-])cc([N+](=O)[O-])c3c(NS(=O)[O-])cccc23)cc1. The van der Waals surface area contributed by atoms with Crippen molar-refractivity contribution in [1.29, 1.82) is 0 Å². The van der Waals surface area contributed by atoms with E-state index in [4.69, 9.17) is 4.18 Å². The number of fused-ring (bicyclic) bond motifs is 1. The highest BCUT2D eigenvalue weighted by Crippen LogP contribution is 2.45. The van der Waals surface area contributed by atoms with Crippen molar-refractivity contribution in [3.05, 3.63) is 74.3 Å². The maximum Gasteiger partial charge on any atom is 0.339 e. The van der Waals surface area contributed by atoms with Crippen LogP contribution in [0.25, 0.3) is 10.8 Å². The van der Waals surface area contributed by atoms with Gasteiger partial charge in [0.25, 0.3) is 5.69 Å². The van der Waals surface area contributed by atoms with Crippen LogP contribution >= 0.6 is 0 Å². The summed E-state index contributed by atoms with van der Waals surface area (Å²) in [5, 5.41) is 22.4. The highest BCUT2D eigenvalue weighted by atomic mass is 32.2. The summed E-state index contributed by atoms with van der Waals surface area (Å²) >= 11 is -2.88. The summed E-state index contributed by atoms with van der Waals surface area (Å²) in [6, 6.07) is 9.52. The molecule has 162 valence electrons. The number of benzene rings is 3. The van der Waals surface area contributed by atoms with Crippen LogP contribution in [0.3, 0.4) is 0 Å². The molecule has 1 unspecified atom stereocenters. The molecule has 0 radical (unpaired) electrons. The van der Waals surface area contributed by atoms with E-state index in [0.29, 0.717) is 6.07 Å². The van der Waals surface area contributed by atoms with Crippen molar-refractivity contribution < 1.29 is 31.2 Å². The molecule has 0 bridgehead atoms. The molecule has 3 aromatic rings. The van der Waals surface area contributed by atoms with Crippen molar-refractivity contribution in [1.82, 2.24) is 0 Å². The third kappa shape index (κ3) is 4.45. The number of aryl methyl sites for hydroxylation is 1. The standard InChI is InChI=1S/C17H13N3O9S2/c1-10-5-7-11(8-6-10)31(27,28)29-17-12-3-2-4-13(18-30(25)26)16(12)14(19(21)22)9-15(17)20(23)24/h2-9,18H,1H3,(H,25,26)/p-1. The zero-order chi connectivity index (χ0) is 22.9. The predicted molar refractivity (Wildman–Crippen MR) is 109 cm³/mol. The maximum absolute atomic E-state index is 12.7. The van der Waals surface area contributed by atoms with Crippen LogP contribution in [0, 0.1) is 27.2 Å². The Balaban J connectivity index is 2.34. The number of nitro groups is 2. The van der Waals surface area contributed by atoms with E-state index in [1.165, 1.54) is 36.4 Å². The molecule has 14 heteroatoms. The normalized spacial score (nSPS) is 12.3. The smallest absolute Gasteiger partial charge is 0.339 e. The zero-order valence-corrected chi connectivity index (χ0v) is 17.1. The van der Waals surface area contributed by atoms with Crippen LogP contribution in [0.5, 0.6) is 5.75 Å².